The molecule has 0 heterocycles. The highest BCUT2D eigenvalue weighted by Gasteiger charge is 2.10. The molecule has 0 saturated heterocycles. The molecule has 4 N–H and O–H groups in total. The molecule has 1 aromatic carbocycles. The van der Waals surface area contributed by atoms with E-state index in [-0.39, 0.29) is 17.9 Å². The van der Waals surface area contributed by atoms with Crippen molar-refractivity contribution in [3.05, 3.63) is 41.9 Å². The van der Waals surface area contributed by atoms with Gasteiger partial charge in [-0.05, 0) is 31.2 Å². The van der Waals surface area contributed by atoms with E-state index in [1.165, 1.54) is 24.3 Å². The highest BCUT2D eigenvalue weighted by Crippen LogP contribution is 2.08. The molecule has 5 heteroatoms. The predicted molar refractivity (Wildman–Crippen MR) is 65.3 cm³/mol. The summed E-state index contributed by atoms with van der Waals surface area (Å²) in [4.78, 5) is 11.5. The first-order chi connectivity index (χ1) is 8.02. The van der Waals surface area contributed by atoms with E-state index < -0.39 is 5.91 Å². The van der Waals surface area contributed by atoms with Gasteiger partial charge in [0, 0.05) is 17.8 Å². The number of hydrogen-bond donors (Lipinski definition) is 3. The highest BCUT2D eigenvalue weighted by molar-refractivity contribution is 6.42. The fourth-order valence-corrected chi connectivity index (χ4v) is 1.13. The van der Waals surface area contributed by atoms with Gasteiger partial charge in [0.25, 0.3) is 5.91 Å². The molecule has 0 bridgehead atoms. The molecule has 0 fully saturated rings. The van der Waals surface area contributed by atoms with Crippen LogP contribution in [0.4, 0.5) is 10.1 Å². The minimum atomic E-state index is -0.540. The van der Waals surface area contributed by atoms with Gasteiger partial charge in [0.2, 0.25) is 0 Å². The molecule has 1 aromatic rings. The van der Waals surface area contributed by atoms with E-state index in [0.29, 0.717) is 11.4 Å². The lowest BCUT2D eigenvalue weighted by molar-refractivity contribution is -0.110. The normalized spacial score (nSPS) is 11.1. The molecule has 1 amide bonds. The van der Waals surface area contributed by atoms with Crippen LogP contribution in [0, 0.1) is 11.2 Å². The third-order valence-corrected chi connectivity index (χ3v) is 2.13. The van der Waals surface area contributed by atoms with Crippen LogP contribution >= 0.6 is 0 Å². The average molecular weight is 235 g/mol. The van der Waals surface area contributed by atoms with Gasteiger partial charge in [0.05, 0.1) is 0 Å². The monoisotopic (exact) mass is 235 g/mol. The topological polar surface area (TPSA) is 79.0 Å². The summed E-state index contributed by atoms with van der Waals surface area (Å²) in [5, 5.41) is 10.00. The van der Waals surface area contributed by atoms with Crippen LogP contribution in [-0.2, 0) is 4.79 Å². The number of rotatable bonds is 4. The van der Waals surface area contributed by atoms with Gasteiger partial charge in [-0.3, -0.25) is 10.2 Å². The van der Waals surface area contributed by atoms with E-state index in [1.54, 1.807) is 13.0 Å². The summed E-state index contributed by atoms with van der Waals surface area (Å²) in [6.07, 6.45) is 1.74. The fraction of sp³-hybridized carbons (Fsp3) is 0.167. The Kier molecular flexibility index (Phi) is 4.39. The second-order valence-corrected chi connectivity index (χ2v) is 3.48. The number of nitrogens with two attached hydrogens (primary N) is 1. The van der Waals surface area contributed by atoms with Crippen LogP contribution in [0.2, 0.25) is 0 Å². The first-order valence-corrected chi connectivity index (χ1v) is 5.08. The zero-order valence-corrected chi connectivity index (χ0v) is 9.46. The number of allylic oxidation sites excluding steroid dienone is 2. The molecule has 0 aromatic heterocycles. The molecule has 90 valence electrons. The van der Waals surface area contributed by atoms with Crippen molar-refractivity contribution in [1.82, 2.24) is 0 Å². The van der Waals surface area contributed by atoms with Crippen molar-refractivity contribution >= 4 is 17.3 Å². The number of benzene rings is 1. The van der Waals surface area contributed by atoms with Crippen molar-refractivity contribution < 1.29 is 9.18 Å². The molecular weight excluding hydrogens is 221 g/mol. The summed E-state index contributed by atoms with van der Waals surface area (Å²) in [6.45, 7) is 1.74. The van der Waals surface area contributed by atoms with Crippen LogP contribution in [0.25, 0.3) is 0 Å². The van der Waals surface area contributed by atoms with Gasteiger partial charge in [-0.15, -0.1) is 0 Å². The van der Waals surface area contributed by atoms with E-state index in [4.69, 9.17) is 11.1 Å². The Morgan fingerprint density at radius 2 is 2.06 bits per heavy atom. The summed E-state index contributed by atoms with van der Waals surface area (Å²) >= 11 is 0. The van der Waals surface area contributed by atoms with Crippen LogP contribution in [0.1, 0.15) is 13.3 Å². The number of anilines is 1. The van der Waals surface area contributed by atoms with E-state index in [0.717, 1.165) is 0 Å². The highest BCUT2D eigenvalue weighted by atomic mass is 19.1. The molecule has 0 aliphatic carbocycles. The standard InChI is InChI=1S/C12H14FN3O/c1-2-9(14)7-11(15)12(17)16-10-5-3-8(13)4-6-10/h2-6,15H,7,14H2,1H3,(H,16,17)/b9-2+,15-11?. The van der Waals surface area contributed by atoms with E-state index in [9.17, 15) is 9.18 Å². The third kappa shape index (κ3) is 4.06. The minimum absolute atomic E-state index is 0.101. The van der Waals surface area contributed by atoms with Gasteiger partial charge < -0.3 is 11.1 Å². The molecule has 0 unspecified atom stereocenters. The number of carbonyl (C=O) groups excluding carboxylic acids is 1. The van der Waals surface area contributed by atoms with Crippen molar-refractivity contribution in [2.45, 2.75) is 13.3 Å². The van der Waals surface area contributed by atoms with Crippen molar-refractivity contribution in [2.75, 3.05) is 5.32 Å². The first kappa shape index (κ1) is 12.9. The number of halogens is 1. The largest absolute Gasteiger partial charge is 0.402 e. The molecule has 0 saturated carbocycles. The lowest BCUT2D eigenvalue weighted by Gasteiger charge is -2.06. The van der Waals surface area contributed by atoms with Crippen molar-refractivity contribution in [3.63, 3.8) is 0 Å². The van der Waals surface area contributed by atoms with Crippen LogP contribution in [0.3, 0.4) is 0 Å². The molecule has 0 spiro atoms. The smallest absolute Gasteiger partial charge is 0.269 e. The van der Waals surface area contributed by atoms with Crippen LogP contribution in [0.5, 0.6) is 0 Å². The lowest BCUT2D eigenvalue weighted by Crippen LogP contribution is -2.23. The Balaban J connectivity index is 2.60. The maximum absolute atomic E-state index is 12.6. The zero-order valence-electron chi connectivity index (χ0n) is 9.46. The zero-order chi connectivity index (χ0) is 12.8. The van der Waals surface area contributed by atoms with Crippen molar-refractivity contribution in [1.29, 1.82) is 5.41 Å². The van der Waals surface area contributed by atoms with Crippen molar-refractivity contribution in [2.24, 2.45) is 5.73 Å². The molecule has 1 rings (SSSR count). The van der Waals surface area contributed by atoms with Gasteiger partial charge >= 0.3 is 0 Å². The van der Waals surface area contributed by atoms with E-state index in [2.05, 4.69) is 5.32 Å². The first-order valence-electron chi connectivity index (χ1n) is 5.08. The van der Waals surface area contributed by atoms with E-state index >= 15 is 0 Å². The molecule has 0 atom stereocenters. The maximum atomic E-state index is 12.6. The summed E-state index contributed by atoms with van der Waals surface area (Å²) in [5.74, 6) is -0.919. The van der Waals surface area contributed by atoms with Gasteiger partial charge in [-0.25, -0.2) is 4.39 Å². The minimum Gasteiger partial charge on any atom is -0.402 e. The number of nitrogens with one attached hydrogen (secondary N) is 2. The predicted octanol–water partition coefficient (Wildman–Crippen LogP) is 2.04. The molecule has 0 radical (unpaired) electrons. The lowest BCUT2D eigenvalue weighted by atomic mass is 10.2. The van der Waals surface area contributed by atoms with Crippen LogP contribution in [-0.4, -0.2) is 11.6 Å². The van der Waals surface area contributed by atoms with Crippen LogP contribution in [0.15, 0.2) is 36.0 Å². The molecule has 4 nitrogen and oxygen atoms in total. The van der Waals surface area contributed by atoms with Gasteiger partial charge in [0.15, 0.2) is 0 Å². The van der Waals surface area contributed by atoms with Crippen LogP contribution < -0.4 is 11.1 Å². The second kappa shape index (κ2) is 5.79. The average Bonchev–Trinajstić information content (AvgIpc) is 2.31. The fourth-order valence-electron chi connectivity index (χ4n) is 1.13. The number of hydrogen-bond acceptors (Lipinski definition) is 3. The Hall–Kier alpha value is -2.17. The summed E-state index contributed by atoms with van der Waals surface area (Å²) in [5.41, 5.74) is 6.29. The van der Waals surface area contributed by atoms with E-state index in [1.807, 2.05) is 0 Å². The number of amides is 1. The Labute approximate surface area is 98.8 Å². The molecule has 17 heavy (non-hydrogen) atoms. The third-order valence-electron chi connectivity index (χ3n) is 2.13. The maximum Gasteiger partial charge on any atom is 0.269 e. The van der Waals surface area contributed by atoms with Gasteiger partial charge in [-0.1, -0.05) is 6.08 Å². The molecule has 0 aliphatic heterocycles. The SMILES string of the molecule is C/C=C(/N)CC(=N)C(=O)Nc1ccc(F)cc1. The van der Waals surface area contributed by atoms with Gasteiger partial charge in [-0.2, -0.15) is 0 Å². The number of carbonyl (C=O) groups is 1. The summed E-state index contributed by atoms with van der Waals surface area (Å²) in [6, 6.07) is 5.33. The van der Waals surface area contributed by atoms with Crippen molar-refractivity contribution in [3.8, 4) is 0 Å². The van der Waals surface area contributed by atoms with Gasteiger partial charge in [0.1, 0.15) is 11.5 Å². The summed E-state index contributed by atoms with van der Waals surface area (Å²) < 4.78 is 12.6. The Morgan fingerprint density at radius 3 is 2.59 bits per heavy atom. The molecular formula is C12H14FN3O. The Morgan fingerprint density at radius 1 is 1.47 bits per heavy atom. The molecule has 0 aliphatic rings. The quantitative estimate of drug-likeness (QED) is 0.698. The Bertz CT molecular complexity index is 451. The second-order valence-electron chi connectivity index (χ2n) is 3.48. The summed E-state index contributed by atoms with van der Waals surface area (Å²) in [7, 11) is 0.